The topological polar surface area (TPSA) is 64.1 Å². The molecule has 0 fully saturated rings. The van der Waals surface area contributed by atoms with Crippen molar-refractivity contribution in [2.45, 2.75) is 26.3 Å². The number of hydrogen-bond acceptors (Lipinski definition) is 4. The van der Waals surface area contributed by atoms with Gasteiger partial charge in [-0.1, -0.05) is 25.1 Å². The fourth-order valence-corrected chi connectivity index (χ4v) is 2.73. The number of methoxy groups -OCH3 is 2. The molecule has 2 N–H and O–H groups in total. The molecule has 28 heavy (non-hydrogen) atoms. The standard InChI is InChI=1S/C22H31N3O3/c1-5-13-28-19-8-6-7-17(14-19)11-12-24-22(23-2)25-16-18-9-10-20(26-3)21(15-18)27-4/h6-10,14-15H,5,11-13,16H2,1-4H3,(H2,23,24,25). The maximum absolute atomic E-state index is 5.69. The number of rotatable bonds is 10. The van der Waals surface area contributed by atoms with E-state index in [0.29, 0.717) is 6.54 Å². The SMILES string of the molecule is CCCOc1cccc(CCNC(=NC)NCc2ccc(OC)c(OC)c2)c1. The Hall–Kier alpha value is -2.89. The van der Waals surface area contributed by atoms with E-state index in [1.54, 1.807) is 21.3 Å². The first-order valence-electron chi connectivity index (χ1n) is 9.57. The second-order valence-electron chi connectivity index (χ2n) is 6.29. The molecule has 0 bridgehead atoms. The van der Waals surface area contributed by atoms with Crippen LogP contribution in [0.25, 0.3) is 0 Å². The van der Waals surface area contributed by atoms with Gasteiger partial charge in [-0.2, -0.15) is 0 Å². The van der Waals surface area contributed by atoms with Crippen LogP contribution in [0.2, 0.25) is 0 Å². The van der Waals surface area contributed by atoms with E-state index < -0.39 is 0 Å². The summed E-state index contributed by atoms with van der Waals surface area (Å²) in [6.45, 7) is 4.27. The van der Waals surface area contributed by atoms with Gasteiger partial charge >= 0.3 is 0 Å². The smallest absolute Gasteiger partial charge is 0.191 e. The van der Waals surface area contributed by atoms with Crippen LogP contribution >= 0.6 is 0 Å². The first-order chi connectivity index (χ1) is 13.7. The van der Waals surface area contributed by atoms with Crippen LogP contribution in [0.3, 0.4) is 0 Å². The lowest BCUT2D eigenvalue weighted by molar-refractivity contribution is 0.317. The van der Waals surface area contributed by atoms with Crippen LogP contribution in [0.15, 0.2) is 47.5 Å². The number of hydrogen-bond donors (Lipinski definition) is 2. The van der Waals surface area contributed by atoms with Crippen molar-refractivity contribution in [2.75, 3.05) is 34.4 Å². The fraction of sp³-hybridized carbons (Fsp3) is 0.409. The molecule has 0 heterocycles. The summed E-state index contributed by atoms with van der Waals surface area (Å²) < 4.78 is 16.3. The molecule has 0 unspecified atom stereocenters. The summed E-state index contributed by atoms with van der Waals surface area (Å²) in [5, 5.41) is 6.66. The van der Waals surface area contributed by atoms with E-state index in [1.165, 1.54) is 5.56 Å². The first-order valence-corrected chi connectivity index (χ1v) is 9.57. The monoisotopic (exact) mass is 385 g/mol. The van der Waals surface area contributed by atoms with E-state index in [4.69, 9.17) is 14.2 Å². The molecule has 2 rings (SSSR count). The molecule has 0 aliphatic rings. The Morgan fingerprint density at radius 3 is 2.50 bits per heavy atom. The molecule has 0 aromatic heterocycles. The molecule has 2 aromatic rings. The van der Waals surface area contributed by atoms with Crippen LogP contribution in [0, 0.1) is 0 Å². The molecule has 0 saturated heterocycles. The maximum atomic E-state index is 5.69. The van der Waals surface area contributed by atoms with Gasteiger partial charge in [-0.3, -0.25) is 4.99 Å². The molecule has 0 aliphatic heterocycles. The Balaban J connectivity index is 1.82. The van der Waals surface area contributed by atoms with Crippen LogP contribution < -0.4 is 24.8 Å². The number of ether oxygens (including phenoxy) is 3. The van der Waals surface area contributed by atoms with Gasteiger partial charge in [0.2, 0.25) is 0 Å². The highest BCUT2D eigenvalue weighted by atomic mass is 16.5. The number of guanidine groups is 1. The molecular weight excluding hydrogens is 354 g/mol. The highest BCUT2D eigenvalue weighted by Crippen LogP contribution is 2.27. The van der Waals surface area contributed by atoms with Gasteiger partial charge in [0, 0.05) is 20.1 Å². The molecule has 0 aliphatic carbocycles. The summed E-state index contributed by atoms with van der Waals surface area (Å²) in [4.78, 5) is 4.28. The number of benzene rings is 2. The van der Waals surface area contributed by atoms with Crippen LogP contribution in [0.1, 0.15) is 24.5 Å². The van der Waals surface area contributed by atoms with Crippen LogP contribution in [-0.4, -0.2) is 40.4 Å². The highest BCUT2D eigenvalue weighted by molar-refractivity contribution is 5.79. The van der Waals surface area contributed by atoms with Crippen LogP contribution in [0.4, 0.5) is 0 Å². The summed E-state index contributed by atoms with van der Waals surface area (Å²) in [6, 6.07) is 14.1. The van der Waals surface area contributed by atoms with Crippen molar-refractivity contribution in [3.8, 4) is 17.2 Å². The summed E-state index contributed by atoms with van der Waals surface area (Å²) in [7, 11) is 5.04. The Kier molecular flexibility index (Phi) is 8.98. The second-order valence-corrected chi connectivity index (χ2v) is 6.29. The molecule has 6 heteroatoms. The van der Waals surface area contributed by atoms with Crippen molar-refractivity contribution in [3.63, 3.8) is 0 Å². The second kappa shape index (κ2) is 11.7. The predicted octanol–water partition coefficient (Wildman–Crippen LogP) is 3.40. The van der Waals surface area contributed by atoms with Crippen molar-refractivity contribution < 1.29 is 14.2 Å². The molecule has 2 aromatic carbocycles. The zero-order chi connectivity index (χ0) is 20.2. The van der Waals surface area contributed by atoms with Gasteiger partial charge in [0.15, 0.2) is 17.5 Å². The third-order valence-electron chi connectivity index (χ3n) is 4.21. The third-order valence-corrected chi connectivity index (χ3v) is 4.21. The average molecular weight is 386 g/mol. The van der Waals surface area contributed by atoms with E-state index in [2.05, 4.69) is 34.7 Å². The lowest BCUT2D eigenvalue weighted by atomic mass is 10.1. The summed E-state index contributed by atoms with van der Waals surface area (Å²) >= 11 is 0. The molecule has 0 atom stereocenters. The van der Waals surface area contributed by atoms with Crippen molar-refractivity contribution in [1.29, 1.82) is 0 Å². The predicted molar refractivity (Wildman–Crippen MR) is 114 cm³/mol. The third kappa shape index (κ3) is 6.68. The van der Waals surface area contributed by atoms with Gasteiger partial charge in [0.1, 0.15) is 5.75 Å². The molecule has 0 amide bonds. The van der Waals surface area contributed by atoms with Crippen molar-refractivity contribution in [2.24, 2.45) is 4.99 Å². The average Bonchev–Trinajstić information content (AvgIpc) is 2.74. The first kappa shape index (κ1) is 21.4. The minimum Gasteiger partial charge on any atom is -0.494 e. The molecular formula is C22H31N3O3. The largest absolute Gasteiger partial charge is 0.494 e. The lowest BCUT2D eigenvalue weighted by Crippen LogP contribution is -2.37. The number of nitrogens with one attached hydrogen (secondary N) is 2. The van der Waals surface area contributed by atoms with Gasteiger partial charge in [-0.05, 0) is 48.2 Å². The van der Waals surface area contributed by atoms with Gasteiger partial charge < -0.3 is 24.8 Å². The Morgan fingerprint density at radius 2 is 1.79 bits per heavy atom. The molecule has 152 valence electrons. The Labute approximate surface area is 167 Å². The zero-order valence-corrected chi connectivity index (χ0v) is 17.2. The number of nitrogens with zero attached hydrogens (tertiary/aromatic N) is 1. The summed E-state index contributed by atoms with van der Waals surface area (Å²) in [5.74, 6) is 3.12. The minimum absolute atomic E-state index is 0.639. The molecule has 0 spiro atoms. The van der Waals surface area contributed by atoms with Gasteiger partial charge in [-0.15, -0.1) is 0 Å². The highest BCUT2D eigenvalue weighted by Gasteiger charge is 2.05. The Morgan fingerprint density at radius 1 is 0.964 bits per heavy atom. The molecule has 0 radical (unpaired) electrons. The van der Waals surface area contributed by atoms with E-state index >= 15 is 0 Å². The van der Waals surface area contributed by atoms with Gasteiger partial charge in [0.25, 0.3) is 0 Å². The van der Waals surface area contributed by atoms with E-state index in [1.807, 2.05) is 30.3 Å². The van der Waals surface area contributed by atoms with Crippen molar-refractivity contribution in [1.82, 2.24) is 10.6 Å². The van der Waals surface area contributed by atoms with Gasteiger partial charge in [0.05, 0.1) is 20.8 Å². The zero-order valence-electron chi connectivity index (χ0n) is 17.2. The fourth-order valence-electron chi connectivity index (χ4n) is 2.73. The van der Waals surface area contributed by atoms with Crippen molar-refractivity contribution in [3.05, 3.63) is 53.6 Å². The summed E-state index contributed by atoms with van der Waals surface area (Å²) in [6.07, 6.45) is 1.90. The van der Waals surface area contributed by atoms with Crippen LogP contribution in [-0.2, 0) is 13.0 Å². The van der Waals surface area contributed by atoms with Crippen molar-refractivity contribution >= 4 is 5.96 Å². The van der Waals surface area contributed by atoms with E-state index in [-0.39, 0.29) is 0 Å². The van der Waals surface area contributed by atoms with Gasteiger partial charge in [-0.25, -0.2) is 0 Å². The molecule has 0 saturated carbocycles. The summed E-state index contributed by atoms with van der Waals surface area (Å²) in [5.41, 5.74) is 2.32. The lowest BCUT2D eigenvalue weighted by Gasteiger charge is -2.14. The van der Waals surface area contributed by atoms with Crippen LogP contribution in [0.5, 0.6) is 17.2 Å². The Bertz CT molecular complexity index is 762. The normalized spacial score (nSPS) is 11.1. The maximum Gasteiger partial charge on any atom is 0.191 e. The quantitative estimate of drug-likeness (QED) is 0.485. The minimum atomic E-state index is 0.639. The number of aliphatic imine (C=N–C) groups is 1. The molecule has 6 nitrogen and oxygen atoms in total. The van der Waals surface area contributed by atoms with E-state index in [9.17, 15) is 0 Å². The van der Waals surface area contributed by atoms with E-state index in [0.717, 1.165) is 54.8 Å².